The van der Waals surface area contributed by atoms with Gasteiger partial charge in [0.25, 0.3) is 0 Å². The minimum atomic E-state index is -0.677. The van der Waals surface area contributed by atoms with E-state index in [4.69, 9.17) is 32.4 Å². The Morgan fingerprint density at radius 3 is 2.69 bits per heavy atom. The lowest BCUT2D eigenvalue weighted by atomic mass is 9.75. The number of rotatable bonds is 6. The number of halogens is 2. The summed E-state index contributed by atoms with van der Waals surface area (Å²) in [5.41, 5.74) is 2.65. The number of carbonyl (C=O) groups excluding carboxylic acids is 1. The molecule has 1 aromatic heterocycles. The van der Waals surface area contributed by atoms with Gasteiger partial charge in [-0.05, 0) is 37.8 Å². The van der Waals surface area contributed by atoms with Crippen molar-refractivity contribution in [1.82, 2.24) is 10.2 Å². The van der Waals surface area contributed by atoms with Crippen LogP contribution in [0.25, 0.3) is 5.57 Å². The lowest BCUT2D eigenvalue weighted by Gasteiger charge is -2.32. The second-order valence-electron chi connectivity index (χ2n) is 7.44. The number of ether oxygens (including phenoxy) is 1. The molecule has 8 heteroatoms. The number of aromatic nitrogens is 2. The van der Waals surface area contributed by atoms with Gasteiger partial charge in [0.2, 0.25) is 12.3 Å². The number of carbonyl (C=O) groups is 1. The predicted molar refractivity (Wildman–Crippen MR) is 113 cm³/mol. The van der Waals surface area contributed by atoms with Crippen LogP contribution in [-0.2, 0) is 9.53 Å². The second-order valence-corrected chi connectivity index (χ2v) is 8.23. The summed E-state index contributed by atoms with van der Waals surface area (Å²) in [6.45, 7) is 8.16. The van der Waals surface area contributed by atoms with E-state index in [0.29, 0.717) is 51.0 Å². The molecule has 2 heterocycles. The number of hydrogen-bond acceptors (Lipinski definition) is 6. The monoisotopic (exact) mass is 435 g/mol. The van der Waals surface area contributed by atoms with Crippen molar-refractivity contribution in [3.05, 3.63) is 51.8 Å². The van der Waals surface area contributed by atoms with Crippen LogP contribution in [0.4, 0.5) is 0 Å². The van der Waals surface area contributed by atoms with E-state index in [1.54, 1.807) is 12.1 Å². The van der Waals surface area contributed by atoms with E-state index in [0.717, 1.165) is 6.42 Å². The summed E-state index contributed by atoms with van der Waals surface area (Å²) >= 11 is 12.8. The Labute approximate surface area is 180 Å². The molecule has 6 nitrogen and oxygen atoms in total. The van der Waals surface area contributed by atoms with Crippen LogP contribution in [0.3, 0.4) is 0 Å². The average Bonchev–Trinajstić information content (AvgIpc) is 3.17. The zero-order valence-corrected chi connectivity index (χ0v) is 18.3. The molecule has 3 rings (SSSR count). The molecular weight excluding hydrogens is 413 g/mol. The molecule has 29 heavy (non-hydrogen) atoms. The van der Waals surface area contributed by atoms with Gasteiger partial charge >= 0.3 is 5.97 Å². The van der Waals surface area contributed by atoms with Gasteiger partial charge in [-0.25, -0.2) is 0 Å². The fraction of sp³-hybridized carbons (Fsp3) is 0.429. The number of aliphatic imine (C=N–C) groups is 1. The van der Waals surface area contributed by atoms with Crippen molar-refractivity contribution in [3.8, 4) is 0 Å². The molecule has 154 valence electrons. The zero-order valence-electron chi connectivity index (χ0n) is 16.8. The Balaban J connectivity index is 2.10. The lowest BCUT2D eigenvalue weighted by molar-refractivity contribution is -0.146. The Bertz CT molecular complexity index is 952. The van der Waals surface area contributed by atoms with Crippen LogP contribution in [-0.4, -0.2) is 28.5 Å². The fourth-order valence-electron chi connectivity index (χ4n) is 3.49. The molecule has 0 N–H and O–H groups in total. The van der Waals surface area contributed by atoms with Crippen molar-refractivity contribution in [1.29, 1.82) is 0 Å². The maximum absolute atomic E-state index is 13.1. The highest BCUT2D eigenvalue weighted by molar-refractivity contribution is 6.42. The number of hydrogen-bond donors (Lipinski definition) is 0. The summed E-state index contributed by atoms with van der Waals surface area (Å²) < 4.78 is 11.1. The average molecular weight is 436 g/mol. The van der Waals surface area contributed by atoms with E-state index in [2.05, 4.69) is 29.0 Å². The summed E-state index contributed by atoms with van der Waals surface area (Å²) in [7, 11) is 0. The third-order valence-corrected chi connectivity index (χ3v) is 5.76. The first kappa shape index (κ1) is 21.5. The number of benzene rings is 1. The summed E-state index contributed by atoms with van der Waals surface area (Å²) in [6, 6.07) is 5.35. The van der Waals surface area contributed by atoms with Crippen LogP contribution in [0.1, 0.15) is 51.5 Å². The largest absolute Gasteiger partial charge is 0.465 e. The first-order chi connectivity index (χ1) is 13.8. The van der Waals surface area contributed by atoms with Gasteiger partial charge in [-0.1, -0.05) is 49.2 Å². The minimum Gasteiger partial charge on any atom is -0.465 e. The van der Waals surface area contributed by atoms with Gasteiger partial charge in [0.15, 0.2) is 0 Å². The molecule has 0 radical (unpaired) electrons. The van der Waals surface area contributed by atoms with Gasteiger partial charge in [0.05, 0.1) is 16.7 Å². The smallest absolute Gasteiger partial charge is 0.315 e. The van der Waals surface area contributed by atoms with Gasteiger partial charge in [0, 0.05) is 22.9 Å². The first-order valence-electron chi connectivity index (χ1n) is 9.44. The summed E-state index contributed by atoms with van der Waals surface area (Å²) in [5, 5.41) is 8.61. The Morgan fingerprint density at radius 2 is 2.03 bits per heavy atom. The molecule has 2 atom stereocenters. The van der Waals surface area contributed by atoms with Crippen LogP contribution in [0.5, 0.6) is 0 Å². The Kier molecular flexibility index (Phi) is 6.75. The highest BCUT2D eigenvalue weighted by Crippen LogP contribution is 2.47. The van der Waals surface area contributed by atoms with Crippen LogP contribution in [0.2, 0.25) is 10.0 Å². The molecule has 0 fully saturated rings. The van der Waals surface area contributed by atoms with Crippen molar-refractivity contribution in [3.63, 3.8) is 0 Å². The van der Waals surface area contributed by atoms with E-state index in [1.165, 1.54) is 6.39 Å². The van der Waals surface area contributed by atoms with Crippen LogP contribution in [0.15, 0.2) is 39.7 Å². The van der Waals surface area contributed by atoms with Crippen molar-refractivity contribution >= 4 is 40.5 Å². The van der Waals surface area contributed by atoms with Crippen molar-refractivity contribution in [2.45, 2.75) is 40.0 Å². The molecule has 0 bridgehead atoms. The number of allylic oxidation sites excluding steroid dienone is 2. The van der Waals surface area contributed by atoms with Crippen molar-refractivity contribution in [2.24, 2.45) is 16.8 Å². The Hall–Kier alpha value is -2.18. The molecule has 0 aliphatic carbocycles. The first-order valence-corrected chi connectivity index (χ1v) is 10.2. The van der Waals surface area contributed by atoms with Gasteiger partial charge in [-0.15, -0.1) is 10.2 Å². The van der Waals surface area contributed by atoms with Gasteiger partial charge in [0.1, 0.15) is 5.92 Å². The van der Waals surface area contributed by atoms with Crippen LogP contribution in [0, 0.1) is 11.8 Å². The van der Waals surface area contributed by atoms with Gasteiger partial charge in [-0.3, -0.25) is 9.79 Å². The molecule has 0 spiro atoms. The fourth-order valence-corrected chi connectivity index (χ4v) is 3.92. The predicted octanol–water partition coefficient (Wildman–Crippen LogP) is 5.57. The maximum atomic E-state index is 13.1. The maximum Gasteiger partial charge on any atom is 0.315 e. The van der Waals surface area contributed by atoms with Crippen molar-refractivity contribution in [2.75, 3.05) is 6.61 Å². The molecule has 2 aromatic rings. The molecule has 1 aliphatic rings. The van der Waals surface area contributed by atoms with Crippen LogP contribution < -0.4 is 0 Å². The standard InChI is InChI=1S/C21H23Cl2N3O3/c1-11(2)8-9-28-21(27)17-13(4)25-12(3)16(20-26-24-10-29-20)18(17)14-6-5-7-15(22)19(14)23/h5-7,10-11,17-18H,8-9H2,1-4H3. The van der Waals surface area contributed by atoms with Crippen LogP contribution >= 0.6 is 23.2 Å². The quantitative estimate of drug-likeness (QED) is 0.553. The summed E-state index contributed by atoms with van der Waals surface area (Å²) in [5.74, 6) is -0.829. The lowest BCUT2D eigenvalue weighted by Crippen LogP contribution is -2.34. The summed E-state index contributed by atoms with van der Waals surface area (Å²) in [4.78, 5) is 17.7. The molecule has 0 amide bonds. The topological polar surface area (TPSA) is 77.6 Å². The SMILES string of the molecule is CC1=NC(C)=C(c2nnco2)C(c2cccc(Cl)c2Cl)C1C(=O)OCCC(C)C. The summed E-state index contributed by atoms with van der Waals surface area (Å²) in [6.07, 6.45) is 2.02. The van der Waals surface area contributed by atoms with Gasteiger partial charge < -0.3 is 9.15 Å². The molecule has 1 aliphatic heterocycles. The van der Waals surface area contributed by atoms with E-state index in [-0.39, 0.29) is 5.97 Å². The minimum absolute atomic E-state index is 0.291. The number of nitrogens with zero attached hydrogens (tertiary/aromatic N) is 3. The highest BCUT2D eigenvalue weighted by atomic mass is 35.5. The molecule has 2 unspecified atom stereocenters. The second kappa shape index (κ2) is 9.09. The Morgan fingerprint density at radius 1 is 1.28 bits per heavy atom. The molecular formula is C21H23Cl2N3O3. The van der Waals surface area contributed by atoms with Crippen molar-refractivity contribution < 1.29 is 13.9 Å². The van der Waals surface area contributed by atoms with E-state index < -0.39 is 11.8 Å². The zero-order chi connectivity index (χ0) is 21.1. The molecule has 1 aromatic carbocycles. The normalized spacial score (nSPS) is 19.5. The van der Waals surface area contributed by atoms with E-state index in [1.807, 2.05) is 19.9 Å². The number of esters is 1. The van der Waals surface area contributed by atoms with E-state index in [9.17, 15) is 4.79 Å². The molecule has 0 saturated heterocycles. The third-order valence-electron chi connectivity index (χ3n) is 4.93. The highest BCUT2D eigenvalue weighted by Gasteiger charge is 2.42. The molecule has 0 saturated carbocycles. The third kappa shape index (κ3) is 4.54. The van der Waals surface area contributed by atoms with Gasteiger partial charge in [-0.2, -0.15) is 0 Å². The van der Waals surface area contributed by atoms with E-state index >= 15 is 0 Å².